The highest BCUT2D eigenvalue weighted by Gasteiger charge is 2.25. The summed E-state index contributed by atoms with van der Waals surface area (Å²) in [4.78, 5) is 7.00. The van der Waals surface area contributed by atoms with Gasteiger partial charge < -0.3 is 10.2 Å². The molecule has 0 aromatic carbocycles. The van der Waals surface area contributed by atoms with E-state index in [2.05, 4.69) is 9.83 Å². The molecule has 1 aliphatic rings. The molecule has 0 fully saturated rings. The van der Waals surface area contributed by atoms with E-state index >= 15 is 0 Å². The molecule has 1 heterocycles. The van der Waals surface area contributed by atoms with Gasteiger partial charge in [0.15, 0.2) is 0 Å². The summed E-state index contributed by atoms with van der Waals surface area (Å²) in [5, 5.41) is 16.5. The van der Waals surface area contributed by atoms with Crippen LogP contribution in [0.4, 0.5) is 0 Å². The lowest BCUT2D eigenvalue weighted by Crippen LogP contribution is -2.27. The van der Waals surface area contributed by atoms with E-state index in [0.29, 0.717) is 0 Å². The minimum Gasteiger partial charge on any atom is -0.322 e. The van der Waals surface area contributed by atoms with Gasteiger partial charge in [0.2, 0.25) is 0 Å². The maximum atomic E-state index is 8.27. The van der Waals surface area contributed by atoms with E-state index in [-0.39, 0.29) is 0 Å². The quantitative estimate of drug-likeness (QED) is 0.315. The molecule has 40 valence electrons. The van der Waals surface area contributed by atoms with Gasteiger partial charge in [-0.3, -0.25) is 0 Å². The number of nitrogens with one attached hydrogen (secondary N) is 1. The van der Waals surface area contributed by atoms with Crippen LogP contribution in [0.3, 0.4) is 0 Å². The second-order valence-electron chi connectivity index (χ2n) is 1.05. The predicted molar refractivity (Wildman–Crippen MR) is 19.9 cm³/mol. The molecule has 3 N–H and O–H groups in total. The maximum absolute atomic E-state index is 8.27. The molecule has 0 spiro atoms. The molecule has 0 aliphatic carbocycles. The molecule has 5 heteroatoms. The molecule has 1 aliphatic heterocycles. The summed E-state index contributed by atoms with van der Waals surface area (Å²) in [6.45, 7) is 0. The van der Waals surface area contributed by atoms with Gasteiger partial charge in [-0.05, 0) is 0 Å². The van der Waals surface area contributed by atoms with E-state index in [1.54, 1.807) is 0 Å². The topological polar surface area (TPSA) is 74.1 Å². The lowest BCUT2D eigenvalue weighted by Gasteiger charge is -2.05. The van der Waals surface area contributed by atoms with Crippen molar-refractivity contribution in [3.63, 3.8) is 0 Å². The summed E-state index contributed by atoms with van der Waals surface area (Å²) in [7, 11) is 0. The lowest BCUT2D eigenvalue weighted by atomic mass is 11.0. The second-order valence-corrected chi connectivity index (χ2v) is 1.05. The van der Waals surface area contributed by atoms with Crippen LogP contribution in [0.25, 0.3) is 0 Å². The van der Waals surface area contributed by atoms with Gasteiger partial charge >= 0.3 is 6.10 Å². The van der Waals surface area contributed by atoms with Crippen molar-refractivity contribution < 1.29 is 15.1 Å². The molecular formula is C2H4N2O3. The Kier molecular flexibility index (Phi) is 0.746. The molecule has 5 nitrogen and oxygen atoms in total. The van der Waals surface area contributed by atoms with Gasteiger partial charge in [0.25, 0.3) is 0 Å². The third kappa shape index (κ3) is 0.861. The van der Waals surface area contributed by atoms with Crippen molar-refractivity contribution in [2.24, 2.45) is 4.99 Å². The average Bonchev–Trinajstić information content (AvgIpc) is 1.84. The molecule has 0 radical (unpaired) electrons. The number of nitrogens with zero attached hydrogens (tertiary/aromatic N) is 1. The zero-order valence-electron chi connectivity index (χ0n) is 3.33. The molecule has 0 bridgehead atoms. The van der Waals surface area contributed by atoms with E-state index in [4.69, 9.17) is 10.2 Å². The van der Waals surface area contributed by atoms with E-state index in [1.165, 1.54) is 0 Å². The summed E-state index contributed by atoms with van der Waals surface area (Å²) in [5.74, 6) is 0. The molecule has 1 rings (SSSR count). The van der Waals surface area contributed by atoms with Crippen molar-refractivity contribution in [1.29, 1.82) is 0 Å². The van der Waals surface area contributed by atoms with Crippen LogP contribution < -0.4 is 5.48 Å². The fourth-order valence-corrected chi connectivity index (χ4v) is 0.242. The van der Waals surface area contributed by atoms with Crippen molar-refractivity contribution in [3.8, 4) is 0 Å². The Balaban J connectivity index is 2.57. The first-order valence-electron chi connectivity index (χ1n) is 1.63. The number of hydrogen-bond acceptors (Lipinski definition) is 5. The minimum absolute atomic E-state index is 1.04. The predicted octanol–water partition coefficient (Wildman–Crippen LogP) is -1.85. The van der Waals surface area contributed by atoms with Crippen LogP contribution in [0.2, 0.25) is 0 Å². The summed E-state index contributed by atoms with van der Waals surface area (Å²) >= 11 is 0. The van der Waals surface area contributed by atoms with Gasteiger partial charge in [-0.15, -0.1) is 0 Å². The summed E-state index contributed by atoms with van der Waals surface area (Å²) in [6.07, 6.45) is -1.31. The highest BCUT2D eigenvalue weighted by atomic mass is 16.9. The van der Waals surface area contributed by atoms with Crippen molar-refractivity contribution in [1.82, 2.24) is 5.48 Å². The molecule has 0 atom stereocenters. The van der Waals surface area contributed by atoms with Gasteiger partial charge in [0.05, 0.1) is 0 Å². The molecule has 0 saturated heterocycles. The monoisotopic (exact) mass is 104 g/mol. The Morgan fingerprint density at radius 3 is 2.57 bits per heavy atom. The zero-order chi connectivity index (χ0) is 5.33. The van der Waals surface area contributed by atoms with Crippen molar-refractivity contribution in [2.45, 2.75) is 6.10 Å². The normalized spacial score (nSPS) is 24.9. The van der Waals surface area contributed by atoms with Crippen LogP contribution >= 0.6 is 0 Å². The third-order valence-corrected chi connectivity index (χ3v) is 0.481. The smallest absolute Gasteiger partial charge is 0.322 e. The Bertz CT molecular complexity index is 99.1. The summed E-state index contributed by atoms with van der Waals surface area (Å²) in [5.41, 5.74) is 2.02. The molecule has 0 aromatic rings. The second kappa shape index (κ2) is 1.16. The Morgan fingerprint density at radius 1 is 1.71 bits per heavy atom. The number of aliphatic imine (C=N–C) groups is 1. The summed E-state index contributed by atoms with van der Waals surface area (Å²) < 4.78 is 0. The number of aliphatic hydroxyl groups is 2. The fourth-order valence-electron chi connectivity index (χ4n) is 0.242. The van der Waals surface area contributed by atoms with Crippen LogP contribution in [0, 0.1) is 0 Å². The molecular weight excluding hydrogens is 100 g/mol. The lowest BCUT2D eigenvalue weighted by molar-refractivity contribution is -0.335. The summed E-state index contributed by atoms with van der Waals surface area (Å²) in [6, 6.07) is 0. The van der Waals surface area contributed by atoms with E-state index in [9.17, 15) is 0 Å². The number of hydroxylamine groups is 1. The van der Waals surface area contributed by atoms with Crippen LogP contribution in [0.1, 0.15) is 0 Å². The highest BCUT2D eigenvalue weighted by molar-refractivity contribution is 5.54. The molecule has 0 amide bonds. The largest absolute Gasteiger partial charge is 0.412 e. The van der Waals surface area contributed by atoms with Gasteiger partial charge in [-0.1, -0.05) is 0 Å². The number of rotatable bonds is 0. The minimum atomic E-state index is -2.35. The van der Waals surface area contributed by atoms with Crippen molar-refractivity contribution in [2.75, 3.05) is 0 Å². The Hall–Kier alpha value is -0.650. The SMILES string of the molecule is OC1(O)N=CNO1. The van der Waals surface area contributed by atoms with Gasteiger partial charge in [0, 0.05) is 0 Å². The van der Waals surface area contributed by atoms with Crippen LogP contribution in [0.15, 0.2) is 4.99 Å². The van der Waals surface area contributed by atoms with Crippen molar-refractivity contribution in [3.05, 3.63) is 0 Å². The molecule has 0 aromatic heterocycles. The van der Waals surface area contributed by atoms with Gasteiger partial charge in [0.1, 0.15) is 6.34 Å². The van der Waals surface area contributed by atoms with Crippen LogP contribution in [0.5, 0.6) is 0 Å². The zero-order valence-corrected chi connectivity index (χ0v) is 3.33. The van der Waals surface area contributed by atoms with Crippen molar-refractivity contribution >= 4 is 6.34 Å². The maximum Gasteiger partial charge on any atom is 0.412 e. The fraction of sp³-hybridized carbons (Fsp3) is 0.500. The van der Waals surface area contributed by atoms with E-state index < -0.39 is 6.10 Å². The molecule has 0 saturated carbocycles. The molecule has 7 heavy (non-hydrogen) atoms. The average molecular weight is 104 g/mol. The van der Waals surface area contributed by atoms with Crippen LogP contribution in [-0.2, 0) is 4.84 Å². The van der Waals surface area contributed by atoms with Gasteiger partial charge in [-0.2, -0.15) is 9.83 Å². The highest BCUT2D eigenvalue weighted by Crippen LogP contribution is 2.02. The van der Waals surface area contributed by atoms with Crippen LogP contribution in [-0.4, -0.2) is 22.6 Å². The standard InChI is InChI=1S/C2H4N2O3/c5-2(6)3-1-4-7-2/h1,5-6H,(H,3,4). The Labute approximate surface area is 39.2 Å². The molecule has 0 unspecified atom stereocenters. The Morgan fingerprint density at radius 2 is 2.43 bits per heavy atom. The van der Waals surface area contributed by atoms with E-state index in [1.807, 2.05) is 5.48 Å². The first-order valence-corrected chi connectivity index (χ1v) is 1.63. The first-order chi connectivity index (χ1) is 3.21. The first kappa shape index (κ1) is 4.51. The van der Waals surface area contributed by atoms with Gasteiger partial charge in [-0.25, -0.2) is 5.48 Å². The van der Waals surface area contributed by atoms with E-state index in [0.717, 1.165) is 6.34 Å². The number of hydrogen-bond donors (Lipinski definition) is 3. The third-order valence-electron chi connectivity index (χ3n) is 0.481.